The predicted molar refractivity (Wildman–Crippen MR) is 66.2 cm³/mol. The number of nitrogens with zero attached hydrogens (tertiary/aromatic N) is 2. The van der Waals surface area contributed by atoms with Crippen LogP contribution in [0.1, 0.15) is 12.5 Å². The summed E-state index contributed by atoms with van der Waals surface area (Å²) in [6.07, 6.45) is 3.87. The first-order valence-electron chi connectivity index (χ1n) is 5.26. The largest absolute Gasteiger partial charge is 0.326 e. The van der Waals surface area contributed by atoms with Crippen molar-refractivity contribution in [3.05, 3.63) is 41.2 Å². The molecule has 0 aliphatic rings. The van der Waals surface area contributed by atoms with Gasteiger partial charge in [-0.1, -0.05) is 17.7 Å². The van der Waals surface area contributed by atoms with Gasteiger partial charge >= 0.3 is 0 Å². The van der Waals surface area contributed by atoms with E-state index in [2.05, 4.69) is 12.0 Å². The zero-order chi connectivity index (χ0) is 11.5. The maximum atomic E-state index is 6.02. The molecular formula is C12H14ClN3. The van der Waals surface area contributed by atoms with Crippen molar-refractivity contribution in [2.75, 3.05) is 0 Å². The van der Waals surface area contributed by atoms with Crippen LogP contribution in [-0.2, 0) is 13.1 Å². The molecule has 0 fully saturated rings. The summed E-state index contributed by atoms with van der Waals surface area (Å²) in [6.45, 7) is 3.38. The number of nitrogens with two attached hydrogens (primary N) is 1. The first-order valence-corrected chi connectivity index (χ1v) is 5.63. The molecule has 3 nitrogen and oxygen atoms in total. The molecule has 0 atom stereocenters. The lowest BCUT2D eigenvalue weighted by atomic mass is 10.1. The SMILES string of the molecule is CCn1cc(-c2ccc(Cl)c(CN)c2)cn1. The van der Waals surface area contributed by atoms with Crippen molar-refractivity contribution in [2.24, 2.45) is 5.73 Å². The van der Waals surface area contributed by atoms with Gasteiger partial charge < -0.3 is 5.73 Å². The van der Waals surface area contributed by atoms with E-state index in [4.69, 9.17) is 17.3 Å². The van der Waals surface area contributed by atoms with Crippen molar-refractivity contribution in [3.63, 3.8) is 0 Å². The first-order chi connectivity index (χ1) is 7.74. The van der Waals surface area contributed by atoms with Crippen molar-refractivity contribution in [1.82, 2.24) is 9.78 Å². The monoisotopic (exact) mass is 235 g/mol. The van der Waals surface area contributed by atoms with Crippen molar-refractivity contribution < 1.29 is 0 Å². The van der Waals surface area contributed by atoms with Crippen LogP contribution in [-0.4, -0.2) is 9.78 Å². The number of aryl methyl sites for hydroxylation is 1. The molecule has 0 saturated carbocycles. The second-order valence-electron chi connectivity index (χ2n) is 3.60. The minimum atomic E-state index is 0.453. The Balaban J connectivity index is 2.40. The zero-order valence-corrected chi connectivity index (χ0v) is 9.91. The Bertz CT molecular complexity index is 491. The highest BCUT2D eigenvalue weighted by atomic mass is 35.5. The number of benzene rings is 1. The fraction of sp³-hybridized carbons (Fsp3) is 0.250. The smallest absolute Gasteiger partial charge is 0.0568 e. The van der Waals surface area contributed by atoms with Gasteiger partial charge in [0, 0.05) is 29.9 Å². The molecule has 0 aliphatic heterocycles. The van der Waals surface area contributed by atoms with Crippen LogP contribution in [0.5, 0.6) is 0 Å². The Labute approximate surface area is 99.8 Å². The van der Waals surface area contributed by atoms with Crippen molar-refractivity contribution >= 4 is 11.6 Å². The highest BCUT2D eigenvalue weighted by Gasteiger charge is 2.04. The molecular weight excluding hydrogens is 222 g/mol. The number of halogens is 1. The van der Waals surface area contributed by atoms with Gasteiger partial charge in [-0.25, -0.2) is 0 Å². The topological polar surface area (TPSA) is 43.8 Å². The fourth-order valence-electron chi connectivity index (χ4n) is 1.60. The summed E-state index contributed by atoms with van der Waals surface area (Å²) in [6, 6.07) is 5.88. The Morgan fingerprint density at radius 3 is 2.81 bits per heavy atom. The van der Waals surface area contributed by atoms with Gasteiger partial charge in [-0.05, 0) is 30.2 Å². The second kappa shape index (κ2) is 4.68. The van der Waals surface area contributed by atoms with E-state index >= 15 is 0 Å². The van der Waals surface area contributed by atoms with E-state index in [0.29, 0.717) is 11.6 Å². The molecule has 0 saturated heterocycles. The molecule has 0 aliphatic carbocycles. The molecule has 0 amide bonds. The van der Waals surface area contributed by atoms with Crippen LogP contribution in [0.4, 0.5) is 0 Å². The minimum absolute atomic E-state index is 0.453. The average Bonchev–Trinajstić information content (AvgIpc) is 2.78. The highest BCUT2D eigenvalue weighted by Crippen LogP contribution is 2.24. The molecule has 84 valence electrons. The molecule has 4 heteroatoms. The van der Waals surface area contributed by atoms with Crippen LogP contribution in [0.15, 0.2) is 30.6 Å². The van der Waals surface area contributed by atoms with Gasteiger partial charge in [0.25, 0.3) is 0 Å². The summed E-state index contributed by atoms with van der Waals surface area (Å²) in [5.41, 5.74) is 8.78. The van der Waals surface area contributed by atoms with E-state index in [0.717, 1.165) is 23.2 Å². The van der Waals surface area contributed by atoms with E-state index in [1.807, 2.05) is 35.3 Å². The average molecular weight is 236 g/mol. The van der Waals surface area contributed by atoms with Gasteiger partial charge in [0.05, 0.1) is 6.20 Å². The lowest BCUT2D eigenvalue weighted by Gasteiger charge is -2.03. The second-order valence-corrected chi connectivity index (χ2v) is 4.00. The molecule has 0 spiro atoms. The molecule has 0 unspecified atom stereocenters. The maximum Gasteiger partial charge on any atom is 0.0568 e. The summed E-state index contributed by atoms with van der Waals surface area (Å²) < 4.78 is 1.89. The summed E-state index contributed by atoms with van der Waals surface area (Å²) >= 11 is 6.02. The Morgan fingerprint density at radius 1 is 1.38 bits per heavy atom. The van der Waals surface area contributed by atoms with Crippen molar-refractivity contribution in [3.8, 4) is 11.1 Å². The van der Waals surface area contributed by atoms with Crippen LogP contribution in [0.2, 0.25) is 5.02 Å². The van der Waals surface area contributed by atoms with E-state index in [9.17, 15) is 0 Å². The third-order valence-electron chi connectivity index (χ3n) is 2.56. The lowest BCUT2D eigenvalue weighted by Crippen LogP contribution is -1.97. The molecule has 2 N–H and O–H groups in total. The number of hydrogen-bond donors (Lipinski definition) is 1. The summed E-state index contributed by atoms with van der Waals surface area (Å²) in [5.74, 6) is 0. The van der Waals surface area contributed by atoms with Crippen LogP contribution in [0, 0.1) is 0 Å². The number of hydrogen-bond acceptors (Lipinski definition) is 2. The molecule has 2 aromatic rings. The van der Waals surface area contributed by atoms with Crippen LogP contribution < -0.4 is 5.73 Å². The quantitative estimate of drug-likeness (QED) is 0.889. The van der Waals surface area contributed by atoms with E-state index in [1.165, 1.54) is 0 Å². The number of rotatable bonds is 3. The third-order valence-corrected chi connectivity index (χ3v) is 2.92. The van der Waals surface area contributed by atoms with Gasteiger partial charge in [-0.15, -0.1) is 0 Å². The summed E-state index contributed by atoms with van der Waals surface area (Å²) in [4.78, 5) is 0. The molecule has 1 aromatic carbocycles. The Kier molecular flexibility index (Phi) is 3.27. The van der Waals surface area contributed by atoms with Gasteiger partial charge in [-0.2, -0.15) is 5.10 Å². The maximum absolute atomic E-state index is 6.02. The minimum Gasteiger partial charge on any atom is -0.326 e. The van der Waals surface area contributed by atoms with Crippen molar-refractivity contribution in [2.45, 2.75) is 20.0 Å². The molecule has 2 rings (SSSR count). The number of aromatic nitrogens is 2. The van der Waals surface area contributed by atoms with E-state index in [1.54, 1.807) is 0 Å². The Morgan fingerprint density at radius 2 is 2.19 bits per heavy atom. The fourth-order valence-corrected chi connectivity index (χ4v) is 1.79. The Hall–Kier alpha value is -1.32. The van der Waals surface area contributed by atoms with Crippen LogP contribution in [0.25, 0.3) is 11.1 Å². The van der Waals surface area contributed by atoms with Gasteiger partial charge in [0.15, 0.2) is 0 Å². The standard InChI is InChI=1S/C12H14ClN3/c1-2-16-8-11(7-15-16)9-3-4-12(13)10(5-9)6-14/h3-5,7-8H,2,6,14H2,1H3. The van der Waals surface area contributed by atoms with Gasteiger partial charge in [0.1, 0.15) is 0 Å². The molecule has 16 heavy (non-hydrogen) atoms. The normalized spacial score (nSPS) is 10.7. The predicted octanol–water partition coefficient (Wildman–Crippen LogP) is 2.68. The highest BCUT2D eigenvalue weighted by molar-refractivity contribution is 6.31. The van der Waals surface area contributed by atoms with E-state index < -0.39 is 0 Å². The first kappa shape index (κ1) is 11.2. The lowest BCUT2D eigenvalue weighted by molar-refractivity contribution is 0.660. The zero-order valence-electron chi connectivity index (χ0n) is 9.15. The van der Waals surface area contributed by atoms with Crippen LogP contribution in [0.3, 0.4) is 0 Å². The third kappa shape index (κ3) is 2.10. The van der Waals surface area contributed by atoms with Gasteiger partial charge in [-0.3, -0.25) is 4.68 Å². The molecule has 1 aromatic heterocycles. The van der Waals surface area contributed by atoms with Crippen LogP contribution >= 0.6 is 11.6 Å². The molecule has 0 radical (unpaired) electrons. The summed E-state index contributed by atoms with van der Waals surface area (Å²) in [5, 5.41) is 4.96. The molecule has 0 bridgehead atoms. The molecule has 1 heterocycles. The van der Waals surface area contributed by atoms with Gasteiger partial charge in [0.2, 0.25) is 0 Å². The summed E-state index contributed by atoms with van der Waals surface area (Å²) in [7, 11) is 0. The van der Waals surface area contributed by atoms with Crippen molar-refractivity contribution in [1.29, 1.82) is 0 Å². The van der Waals surface area contributed by atoms with E-state index in [-0.39, 0.29) is 0 Å².